The molecular formula is C25H34N2O2. The molecule has 0 radical (unpaired) electrons. The van der Waals surface area contributed by atoms with E-state index in [1.807, 2.05) is 50.2 Å². The molecule has 4 heteroatoms. The van der Waals surface area contributed by atoms with Gasteiger partial charge in [0.1, 0.15) is 6.04 Å². The highest BCUT2D eigenvalue weighted by Gasteiger charge is 2.26. The molecular weight excluding hydrogens is 360 g/mol. The van der Waals surface area contributed by atoms with E-state index in [1.54, 1.807) is 4.90 Å². The highest BCUT2D eigenvalue weighted by atomic mass is 16.2. The Balaban J connectivity index is 2.22. The summed E-state index contributed by atoms with van der Waals surface area (Å²) in [6, 6.07) is 13.6. The fourth-order valence-corrected chi connectivity index (χ4v) is 3.28. The molecule has 0 heterocycles. The second-order valence-corrected chi connectivity index (χ2v) is 7.86. The molecule has 0 saturated heterocycles. The Morgan fingerprint density at radius 3 is 2.38 bits per heavy atom. The number of unbranched alkanes of at least 4 members (excludes halogenated alkanes) is 1. The van der Waals surface area contributed by atoms with Gasteiger partial charge < -0.3 is 10.2 Å². The zero-order chi connectivity index (χ0) is 21.4. The summed E-state index contributed by atoms with van der Waals surface area (Å²) in [6.07, 6.45) is 2.25. The first-order valence-electron chi connectivity index (χ1n) is 10.5. The van der Waals surface area contributed by atoms with Crippen LogP contribution < -0.4 is 5.32 Å². The van der Waals surface area contributed by atoms with Crippen LogP contribution in [-0.4, -0.2) is 29.3 Å². The van der Waals surface area contributed by atoms with Crippen LogP contribution in [0.2, 0.25) is 0 Å². The summed E-state index contributed by atoms with van der Waals surface area (Å²) in [4.78, 5) is 27.6. The Bertz CT molecular complexity index is 844. The van der Waals surface area contributed by atoms with Crippen molar-refractivity contribution in [2.75, 3.05) is 6.54 Å². The van der Waals surface area contributed by atoms with Crippen molar-refractivity contribution in [3.05, 3.63) is 70.3 Å². The van der Waals surface area contributed by atoms with Gasteiger partial charge in [0.25, 0.3) is 0 Å². The Morgan fingerprint density at radius 1 is 1.00 bits per heavy atom. The summed E-state index contributed by atoms with van der Waals surface area (Å²) >= 11 is 0. The third-order valence-electron chi connectivity index (χ3n) is 5.53. The number of hydrogen-bond acceptors (Lipinski definition) is 2. The molecule has 0 aromatic heterocycles. The number of carbonyl (C=O) groups excluding carboxylic acids is 2. The fraction of sp³-hybridized carbons (Fsp3) is 0.440. The standard InChI is InChI=1S/C25H34N2O2/c1-6-7-14-26-25(29)21(5)27(17-23-11-9-8-10-19(23)3)24(28)16-22-13-12-18(2)20(4)15-22/h8-13,15,21H,6-7,14,16-17H2,1-5H3,(H,26,29). The van der Waals surface area contributed by atoms with Crippen molar-refractivity contribution < 1.29 is 9.59 Å². The topological polar surface area (TPSA) is 49.4 Å². The Hall–Kier alpha value is -2.62. The average molecular weight is 395 g/mol. The van der Waals surface area contributed by atoms with Gasteiger partial charge in [0.05, 0.1) is 6.42 Å². The van der Waals surface area contributed by atoms with Gasteiger partial charge in [0.2, 0.25) is 11.8 Å². The van der Waals surface area contributed by atoms with Crippen molar-refractivity contribution >= 4 is 11.8 Å². The molecule has 0 aliphatic rings. The number of amides is 2. The minimum absolute atomic E-state index is 0.0327. The lowest BCUT2D eigenvalue weighted by Crippen LogP contribution is -2.48. The van der Waals surface area contributed by atoms with Gasteiger partial charge >= 0.3 is 0 Å². The number of rotatable bonds is 9. The summed E-state index contributed by atoms with van der Waals surface area (Å²) < 4.78 is 0. The van der Waals surface area contributed by atoms with E-state index in [-0.39, 0.29) is 11.8 Å². The van der Waals surface area contributed by atoms with Crippen LogP contribution in [0.4, 0.5) is 0 Å². The van der Waals surface area contributed by atoms with Gasteiger partial charge in [-0.3, -0.25) is 9.59 Å². The van der Waals surface area contributed by atoms with E-state index in [1.165, 1.54) is 11.1 Å². The molecule has 2 aromatic rings. The van der Waals surface area contributed by atoms with E-state index in [9.17, 15) is 9.59 Å². The second kappa shape index (κ2) is 10.8. The number of hydrogen-bond donors (Lipinski definition) is 1. The SMILES string of the molecule is CCCCNC(=O)C(C)N(Cc1ccccc1C)C(=O)Cc1ccc(C)c(C)c1. The average Bonchev–Trinajstić information content (AvgIpc) is 2.69. The summed E-state index contributed by atoms with van der Waals surface area (Å²) in [5.74, 6) is -0.130. The van der Waals surface area contributed by atoms with Crippen molar-refractivity contribution in [3.63, 3.8) is 0 Å². The van der Waals surface area contributed by atoms with E-state index in [4.69, 9.17) is 0 Å². The van der Waals surface area contributed by atoms with Crippen LogP contribution in [0.15, 0.2) is 42.5 Å². The van der Waals surface area contributed by atoms with Gasteiger partial charge in [0, 0.05) is 13.1 Å². The van der Waals surface area contributed by atoms with E-state index < -0.39 is 6.04 Å². The molecule has 0 fully saturated rings. The molecule has 4 nitrogen and oxygen atoms in total. The van der Waals surface area contributed by atoms with E-state index >= 15 is 0 Å². The summed E-state index contributed by atoms with van der Waals surface area (Å²) in [5, 5.41) is 2.97. The quantitative estimate of drug-likeness (QED) is 0.637. The molecule has 2 rings (SSSR count). The number of benzene rings is 2. The van der Waals surface area contributed by atoms with E-state index in [0.717, 1.165) is 29.5 Å². The first kappa shape index (κ1) is 22.7. The van der Waals surface area contributed by atoms with Gasteiger partial charge in [-0.15, -0.1) is 0 Å². The largest absolute Gasteiger partial charge is 0.354 e. The van der Waals surface area contributed by atoms with Crippen LogP contribution in [0.1, 0.15) is 54.5 Å². The van der Waals surface area contributed by atoms with Gasteiger partial charge in [-0.25, -0.2) is 0 Å². The molecule has 156 valence electrons. The van der Waals surface area contributed by atoms with E-state index in [2.05, 4.69) is 32.2 Å². The maximum Gasteiger partial charge on any atom is 0.242 e. The minimum atomic E-state index is -0.523. The molecule has 0 saturated carbocycles. The van der Waals surface area contributed by atoms with Crippen LogP contribution >= 0.6 is 0 Å². The van der Waals surface area contributed by atoms with Gasteiger partial charge in [-0.05, 0) is 61.9 Å². The fourth-order valence-electron chi connectivity index (χ4n) is 3.28. The molecule has 2 aromatic carbocycles. The Labute approximate surface area is 175 Å². The third-order valence-corrected chi connectivity index (χ3v) is 5.53. The first-order chi connectivity index (χ1) is 13.8. The molecule has 0 bridgehead atoms. The van der Waals surface area contributed by atoms with Crippen molar-refractivity contribution in [1.82, 2.24) is 10.2 Å². The maximum atomic E-state index is 13.2. The third kappa shape index (κ3) is 6.45. The summed E-state index contributed by atoms with van der Waals surface area (Å²) in [7, 11) is 0. The maximum absolute atomic E-state index is 13.2. The molecule has 0 spiro atoms. The normalized spacial score (nSPS) is 11.8. The number of nitrogens with one attached hydrogen (secondary N) is 1. The van der Waals surface area contributed by atoms with Gasteiger partial charge in [-0.2, -0.15) is 0 Å². The lowest BCUT2D eigenvalue weighted by molar-refractivity contribution is -0.140. The van der Waals surface area contributed by atoms with Crippen LogP contribution in [0.25, 0.3) is 0 Å². The van der Waals surface area contributed by atoms with Crippen molar-refractivity contribution in [1.29, 1.82) is 0 Å². The molecule has 1 atom stereocenters. The highest BCUT2D eigenvalue weighted by Crippen LogP contribution is 2.17. The first-order valence-corrected chi connectivity index (χ1v) is 10.5. The zero-order valence-corrected chi connectivity index (χ0v) is 18.4. The smallest absolute Gasteiger partial charge is 0.242 e. The summed E-state index contributed by atoms with van der Waals surface area (Å²) in [6.45, 7) is 11.1. The summed E-state index contributed by atoms with van der Waals surface area (Å²) in [5.41, 5.74) is 5.54. The highest BCUT2D eigenvalue weighted by molar-refractivity contribution is 5.88. The minimum Gasteiger partial charge on any atom is -0.354 e. The lowest BCUT2D eigenvalue weighted by Gasteiger charge is -2.29. The second-order valence-electron chi connectivity index (χ2n) is 7.86. The van der Waals surface area contributed by atoms with Crippen LogP contribution in [0, 0.1) is 20.8 Å². The van der Waals surface area contributed by atoms with Crippen molar-refractivity contribution in [2.45, 2.75) is 66.5 Å². The number of aryl methyl sites for hydroxylation is 3. The molecule has 2 amide bonds. The van der Waals surface area contributed by atoms with Crippen LogP contribution in [-0.2, 0) is 22.6 Å². The van der Waals surface area contributed by atoms with Gasteiger partial charge in [-0.1, -0.05) is 55.8 Å². The number of nitrogens with zero attached hydrogens (tertiary/aromatic N) is 1. The molecule has 0 aliphatic carbocycles. The van der Waals surface area contributed by atoms with Crippen LogP contribution in [0.3, 0.4) is 0 Å². The van der Waals surface area contributed by atoms with Gasteiger partial charge in [0.15, 0.2) is 0 Å². The van der Waals surface area contributed by atoms with Crippen molar-refractivity contribution in [3.8, 4) is 0 Å². The number of carbonyl (C=O) groups is 2. The predicted molar refractivity (Wildman–Crippen MR) is 119 cm³/mol. The predicted octanol–water partition coefficient (Wildman–Crippen LogP) is 4.49. The Morgan fingerprint density at radius 2 is 1.72 bits per heavy atom. The molecule has 1 unspecified atom stereocenters. The van der Waals surface area contributed by atoms with E-state index in [0.29, 0.717) is 19.5 Å². The molecule has 29 heavy (non-hydrogen) atoms. The molecule has 1 N–H and O–H groups in total. The van der Waals surface area contributed by atoms with Crippen molar-refractivity contribution in [2.24, 2.45) is 0 Å². The molecule has 0 aliphatic heterocycles. The Kier molecular flexibility index (Phi) is 8.44. The van der Waals surface area contributed by atoms with Crippen LogP contribution in [0.5, 0.6) is 0 Å². The zero-order valence-electron chi connectivity index (χ0n) is 18.4. The lowest BCUT2D eigenvalue weighted by atomic mass is 10.0. The monoisotopic (exact) mass is 394 g/mol.